The van der Waals surface area contributed by atoms with Crippen LogP contribution < -0.4 is 10.9 Å². The summed E-state index contributed by atoms with van der Waals surface area (Å²) in [6.45, 7) is 4.30. The Bertz CT molecular complexity index is 1240. The number of thiophene rings is 1. The average Bonchev–Trinajstić information content (AvgIpc) is 3.36. The third-order valence-electron chi connectivity index (χ3n) is 4.42. The van der Waals surface area contributed by atoms with E-state index in [2.05, 4.69) is 20.5 Å². The van der Waals surface area contributed by atoms with Crippen LogP contribution in [0.15, 0.2) is 45.1 Å². The van der Waals surface area contributed by atoms with E-state index in [9.17, 15) is 9.59 Å². The lowest BCUT2D eigenvalue weighted by Crippen LogP contribution is -2.23. The minimum Gasteiger partial charge on any atom is -0.300 e. The lowest BCUT2D eigenvalue weighted by molar-refractivity contribution is -0.116. The van der Waals surface area contributed by atoms with Gasteiger partial charge >= 0.3 is 0 Å². The zero-order chi connectivity index (χ0) is 21.1. The Morgan fingerprint density at radius 2 is 2.03 bits per heavy atom. The van der Waals surface area contributed by atoms with E-state index in [0.29, 0.717) is 15.3 Å². The molecule has 0 bridgehead atoms. The Morgan fingerprint density at radius 1 is 1.23 bits per heavy atom. The number of benzene rings is 1. The van der Waals surface area contributed by atoms with Crippen molar-refractivity contribution >= 4 is 55.7 Å². The number of anilines is 1. The number of fused-ring (bicyclic) bond motifs is 1. The molecule has 0 atom stereocenters. The van der Waals surface area contributed by atoms with Gasteiger partial charge in [0, 0.05) is 23.9 Å². The second-order valence-electron chi connectivity index (χ2n) is 6.54. The van der Waals surface area contributed by atoms with Crippen LogP contribution in [0.1, 0.15) is 18.9 Å². The SMILES string of the molecule is CCSc1nnc(NC(=O)CCn2cnc3scc(-c4ccc(C)cc4)c3c2=O)s1. The van der Waals surface area contributed by atoms with E-state index in [-0.39, 0.29) is 24.4 Å². The molecular formula is C20H19N5O2S3. The molecule has 10 heteroatoms. The molecule has 30 heavy (non-hydrogen) atoms. The van der Waals surface area contributed by atoms with Gasteiger partial charge in [-0.2, -0.15) is 0 Å². The van der Waals surface area contributed by atoms with Crippen LogP contribution in [0.3, 0.4) is 0 Å². The first-order chi connectivity index (χ1) is 14.5. The van der Waals surface area contributed by atoms with Gasteiger partial charge in [-0.25, -0.2) is 4.98 Å². The molecule has 0 saturated carbocycles. The predicted molar refractivity (Wildman–Crippen MR) is 124 cm³/mol. The fourth-order valence-corrected chi connectivity index (χ4v) is 5.49. The van der Waals surface area contributed by atoms with Gasteiger partial charge in [0.1, 0.15) is 4.83 Å². The summed E-state index contributed by atoms with van der Waals surface area (Å²) >= 11 is 4.37. The Kier molecular flexibility index (Phi) is 6.26. The maximum Gasteiger partial charge on any atom is 0.262 e. The molecule has 3 heterocycles. The number of thioether (sulfide) groups is 1. The fourth-order valence-electron chi connectivity index (χ4n) is 2.92. The van der Waals surface area contributed by atoms with Crippen LogP contribution in [-0.4, -0.2) is 31.4 Å². The van der Waals surface area contributed by atoms with Crippen molar-refractivity contribution in [1.82, 2.24) is 19.7 Å². The monoisotopic (exact) mass is 457 g/mol. The van der Waals surface area contributed by atoms with Crippen molar-refractivity contribution in [3.63, 3.8) is 0 Å². The number of nitrogens with zero attached hydrogens (tertiary/aromatic N) is 4. The van der Waals surface area contributed by atoms with Crippen molar-refractivity contribution in [2.45, 2.75) is 31.2 Å². The van der Waals surface area contributed by atoms with Crippen LogP contribution in [0.4, 0.5) is 5.13 Å². The highest BCUT2D eigenvalue weighted by Crippen LogP contribution is 2.30. The van der Waals surface area contributed by atoms with E-state index in [1.165, 1.54) is 33.6 Å². The molecule has 1 amide bonds. The number of carbonyl (C=O) groups is 1. The molecule has 1 N–H and O–H groups in total. The van der Waals surface area contributed by atoms with Gasteiger partial charge in [-0.15, -0.1) is 21.5 Å². The number of hydrogen-bond acceptors (Lipinski definition) is 8. The maximum atomic E-state index is 13.1. The summed E-state index contributed by atoms with van der Waals surface area (Å²) in [4.78, 5) is 30.5. The second kappa shape index (κ2) is 9.07. The van der Waals surface area contributed by atoms with Crippen LogP contribution >= 0.6 is 34.4 Å². The van der Waals surface area contributed by atoms with E-state index >= 15 is 0 Å². The van der Waals surface area contributed by atoms with Crippen molar-refractivity contribution in [1.29, 1.82) is 0 Å². The summed E-state index contributed by atoms with van der Waals surface area (Å²) in [6.07, 6.45) is 1.65. The lowest BCUT2D eigenvalue weighted by Gasteiger charge is -2.06. The van der Waals surface area contributed by atoms with Gasteiger partial charge in [0.05, 0.1) is 11.7 Å². The highest BCUT2D eigenvalue weighted by atomic mass is 32.2. The van der Waals surface area contributed by atoms with Gasteiger partial charge in [0.2, 0.25) is 11.0 Å². The normalized spacial score (nSPS) is 11.1. The number of hydrogen-bond donors (Lipinski definition) is 1. The molecule has 0 radical (unpaired) electrons. The largest absolute Gasteiger partial charge is 0.300 e. The topological polar surface area (TPSA) is 89.8 Å². The third kappa shape index (κ3) is 4.45. The van der Waals surface area contributed by atoms with E-state index in [4.69, 9.17) is 0 Å². The van der Waals surface area contributed by atoms with Crippen LogP contribution in [-0.2, 0) is 11.3 Å². The zero-order valence-electron chi connectivity index (χ0n) is 16.4. The van der Waals surface area contributed by atoms with Crippen LogP contribution in [0.25, 0.3) is 21.3 Å². The average molecular weight is 458 g/mol. The van der Waals surface area contributed by atoms with Gasteiger partial charge in [-0.1, -0.05) is 59.9 Å². The minimum absolute atomic E-state index is 0.137. The molecule has 4 aromatic rings. The predicted octanol–water partition coefficient (Wildman–Crippen LogP) is 4.43. The molecule has 0 saturated heterocycles. The molecule has 7 nitrogen and oxygen atoms in total. The third-order valence-corrected chi connectivity index (χ3v) is 7.16. The van der Waals surface area contributed by atoms with Gasteiger partial charge in [-0.3, -0.25) is 14.2 Å². The van der Waals surface area contributed by atoms with Crippen molar-refractivity contribution < 1.29 is 4.79 Å². The number of amides is 1. The summed E-state index contributed by atoms with van der Waals surface area (Å²) in [5.41, 5.74) is 2.89. The summed E-state index contributed by atoms with van der Waals surface area (Å²) in [7, 11) is 0. The zero-order valence-corrected chi connectivity index (χ0v) is 18.9. The molecule has 0 aliphatic carbocycles. The Hall–Kier alpha value is -2.56. The molecule has 0 aliphatic heterocycles. The van der Waals surface area contributed by atoms with Gasteiger partial charge in [0.25, 0.3) is 5.56 Å². The van der Waals surface area contributed by atoms with E-state index in [1.54, 1.807) is 11.8 Å². The Morgan fingerprint density at radius 3 is 2.80 bits per heavy atom. The van der Waals surface area contributed by atoms with Gasteiger partial charge in [0.15, 0.2) is 4.34 Å². The summed E-state index contributed by atoms with van der Waals surface area (Å²) in [5, 5.41) is 13.8. The first-order valence-electron chi connectivity index (χ1n) is 9.35. The van der Waals surface area contributed by atoms with Crippen molar-refractivity contribution in [2.24, 2.45) is 0 Å². The molecule has 154 valence electrons. The van der Waals surface area contributed by atoms with Crippen molar-refractivity contribution in [2.75, 3.05) is 11.1 Å². The second-order valence-corrected chi connectivity index (χ2v) is 9.89. The molecule has 0 aliphatic rings. The van der Waals surface area contributed by atoms with E-state index < -0.39 is 0 Å². The number of nitrogens with one attached hydrogen (secondary N) is 1. The molecule has 0 unspecified atom stereocenters. The highest BCUT2D eigenvalue weighted by Gasteiger charge is 2.14. The quantitative estimate of drug-likeness (QED) is 0.326. The first-order valence-corrected chi connectivity index (χ1v) is 12.0. The van der Waals surface area contributed by atoms with Gasteiger partial charge < -0.3 is 5.32 Å². The molecule has 4 rings (SSSR count). The number of rotatable bonds is 7. The van der Waals surface area contributed by atoms with Crippen molar-refractivity contribution in [3.05, 3.63) is 51.9 Å². The molecular weight excluding hydrogens is 438 g/mol. The van der Waals surface area contributed by atoms with Gasteiger partial charge in [-0.05, 0) is 18.2 Å². The molecule has 0 fully saturated rings. The molecule has 1 aromatic carbocycles. The van der Waals surface area contributed by atoms with E-state index in [1.807, 2.05) is 43.5 Å². The highest BCUT2D eigenvalue weighted by molar-refractivity contribution is 8.01. The fraction of sp³-hybridized carbons (Fsp3) is 0.250. The summed E-state index contributed by atoms with van der Waals surface area (Å²) in [6, 6.07) is 8.06. The molecule has 3 aromatic heterocycles. The lowest BCUT2D eigenvalue weighted by atomic mass is 10.1. The van der Waals surface area contributed by atoms with Crippen LogP contribution in [0.2, 0.25) is 0 Å². The number of aromatic nitrogens is 4. The smallest absolute Gasteiger partial charge is 0.262 e. The van der Waals surface area contributed by atoms with Crippen LogP contribution in [0, 0.1) is 6.92 Å². The number of carbonyl (C=O) groups excluding carboxylic acids is 1. The standard InChI is InChI=1S/C20H19N5O2S3/c1-3-28-20-24-23-19(30-20)22-15(26)8-9-25-11-21-17-16(18(25)27)14(10-29-17)13-6-4-12(2)5-7-13/h4-7,10-11H,3,8-9H2,1-2H3,(H,22,23,26). The first kappa shape index (κ1) is 20.7. The number of aryl methyl sites for hydroxylation is 2. The van der Waals surface area contributed by atoms with E-state index in [0.717, 1.165) is 26.8 Å². The summed E-state index contributed by atoms with van der Waals surface area (Å²) < 4.78 is 2.31. The Labute approximate surface area is 185 Å². The summed E-state index contributed by atoms with van der Waals surface area (Å²) in [5.74, 6) is 0.684. The van der Waals surface area contributed by atoms with Crippen molar-refractivity contribution in [3.8, 4) is 11.1 Å². The maximum absolute atomic E-state index is 13.1. The Balaban J connectivity index is 1.51. The van der Waals surface area contributed by atoms with Crippen LogP contribution in [0.5, 0.6) is 0 Å². The molecule has 0 spiro atoms. The minimum atomic E-state index is -0.213.